The van der Waals surface area contributed by atoms with Crippen LogP contribution in [0, 0.1) is 11.8 Å². The maximum atomic E-state index is 14.0. The van der Waals surface area contributed by atoms with Crippen molar-refractivity contribution in [3.8, 4) is 0 Å². The summed E-state index contributed by atoms with van der Waals surface area (Å²) in [6.45, 7) is 5.59. The highest BCUT2D eigenvalue weighted by molar-refractivity contribution is 7.91. The fourth-order valence-electron chi connectivity index (χ4n) is 5.56. The van der Waals surface area contributed by atoms with Crippen molar-refractivity contribution in [3.05, 3.63) is 53.6 Å². The maximum Gasteiger partial charge on any atom is 0.409 e. The number of carbonyl (C=O) groups is 3. The summed E-state index contributed by atoms with van der Waals surface area (Å²) in [7, 11) is -8.66. The molecule has 4 N–H and O–H groups in total. The summed E-state index contributed by atoms with van der Waals surface area (Å²) in [5, 5.41) is 12.1. The molecule has 1 saturated heterocycles. The van der Waals surface area contributed by atoms with Crippen LogP contribution in [0.4, 0.5) is 16.2 Å². The molecule has 14 nitrogen and oxygen atoms in total. The molecule has 0 aromatic heterocycles. The molecule has 0 bridgehead atoms. The number of hydrogen-bond donors (Lipinski definition) is 4. The number of aliphatic hydroxyl groups is 1. The van der Waals surface area contributed by atoms with E-state index in [2.05, 4.69) is 19.2 Å². The van der Waals surface area contributed by atoms with Crippen LogP contribution in [0.5, 0.6) is 0 Å². The van der Waals surface area contributed by atoms with Crippen LogP contribution >= 0.6 is 0 Å². The number of hydrogen-bond acceptors (Lipinski definition) is 10. The number of fused-ring (bicyclic) bond motifs is 2. The number of ketones is 2. The SMILES string of the molecule is CC(C)CCC1(C)C(=O)C(C2=NS(=O)(=O)c3cc(NS(=O)(=O)NCCOC(=O)N4CC(O)C4)ccc3N2)C(=O)c2ccccc21. The van der Waals surface area contributed by atoms with Crippen molar-refractivity contribution in [1.82, 2.24) is 9.62 Å². The summed E-state index contributed by atoms with van der Waals surface area (Å²) in [6.07, 6.45) is -0.108. The fraction of sp³-hybridized carbons (Fsp3) is 0.448. The van der Waals surface area contributed by atoms with E-state index < -0.39 is 55.3 Å². The Hall–Kier alpha value is -3.86. The number of anilines is 2. The first-order chi connectivity index (χ1) is 21.1. The van der Waals surface area contributed by atoms with Gasteiger partial charge in [0.1, 0.15) is 23.3 Å². The van der Waals surface area contributed by atoms with E-state index in [0.717, 1.165) is 6.07 Å². The van der Waals surface area contributed by atoms with Crippen LogP contribution in [-0.2, 0) is 35.2 Å². The molecule has 1 amide bonds. The predicted molar refractivity (Wildman–Crippen MR) is 165 cm³/mol. The second kappa shape index (κ2) is 12.2. The Kier molecular flexibility index (Phi) is 8.78. The molecule has 1 fully saturated rings. The lowest BCUT2D eigenvalue weighted by Crippen LogP contribution is -2.53. The largest absolute Gasteiger partial charge is 0.448 e. The van der Waals surface area contributed by atoms with E-state index >= 15 is 0 Å². The quantitative estimate of drug-likeness (QED) is 0.216. The van der Waals surface area contributed by atoms with Gasteiger partial charge in [0.15, 0.2) is 11.6 Å². The number of nitrogens with zero attached hydrogens (tertiary/aromatic N) is 2. The van der Waals surface area contributed by atoms with E-state index in [9.17, 15) is 36.3 Å². The molecule has 45 heavy (non-hydrogen) atoms. The molecule has 242 valence electrons. The lowest BCUT2D eigenvalue weighted by Gasteiger charge is -2.39. The third-order valence-corrected chi connectivity index (χ3v) is 10.5. The first kappa shape index (κ1) is 32.5. The molecule has 2 heterocycles. The van der Waals surface area contributed by atoms with Gasteiger partial charge in [0.05, 0.1) is 36.0 Å². The Morgan fingerprint density at radius 1 is 1.20 bits per heavy atom. The van der Waals surface area contributed by atoms with E-state index in [1.807, 2.05) is 13.8 Å². The molecule has 5 rings (SSSR count). The standard InChI is InChI=1S/C29H35N5O9S2/c1-17(2)10-11-29(3)21-7-5-4-6-20(21)25(36)24(26(29)37)27-31-22-9-8-18(14-23(22)44(39,40)33-27)32-45(41,42)30-12-13-43-28(38)34-15-19(35)16-34/h4-9,14,17,19,24,30,32,35H,10-13,15-16H2,1-3H3,(H,31,33). The first-order valence-corrected chi connectivity index (χ1v) is 17.3. The van der Waals surface area contributed by atoms with Gasteiger partial charge in [-0.3, -0.25) is 14.3 Å². The van der Waals surface area contributed by atoms with Crippen LogP contribution in [0.25, 0.3) is 0 Å². The Labute approximate surface area is 261 Å². The van der Waals surface area contributed by atoms with Crippen LogP contribution in [0.1, 0.15) is 49.5 Å². The van der Waals surface area contributed by atoms with E-state index in [4.69, 9.17) is 4.74 Å². The van der Waals surface area contributed by atoms with Crippen molar-refractivity contribution >= 4 is 55.1 Å². The Balaban J connectivity index is 1.32. The molecule has 2 unspecified atom stereocenters. The van der Waals surface area contributed by atoms with Crippen molar-refractivity contribution < 1.29 is 41.1 Å². The minimum Gasteiger partial charge on any atom is -0.448 e. The summed E-state index contributed by atoms with van der Waals surface area (Å²) in [5.74, 6) is -2.48. The summed E-state index contributed by atoms with van der Waals surface area (Å²) >= 11 is 0. The van der Waals surface area contributed by atoms with Crippen molar-refractivity contribution in [3.63, 3.8) is 0 Å². The van der Waals surface area contributed by atoms with Crippen LogP contribution in [0.3, 0.4) is 0 Å². The Bertz CT molecular complexity index is 1790. The zero-order valence-electron chi connectivity index (χ0n) is 24.9. The van der Waals surface area contributed by atoms with Gasteiger partial charge in [-0.05, 0) is 49.4 Å². The van der Waals surface area contributed by atoms with Crippen LogP contribution in [-0.4, -0.2) is 82.7 Å². The third-order valence-electron chi connectivity index (χ3n) is 8.08. The molecule has 0 spiro atoms. The minimum atomic E-state index is -4.46. The zero-order chi connectivity index (χ0) is 32.7. The lowest BCUT2D eigenvalue weighted by atomic mass is 9.63. The molecule has 2 aliphatic heterocycles. The highest BCUT2D eigenvalue weighted by Gasteiger charge is 2.51. The molecule has 2 atom stereocenters. The monoisotopic (exact) mass is 661 g/mol. The Morgan fingerprint density at radius 2 is 1.91 bits per heavy atom. The summed E-state index contributed by atoms with van der Waals surface area (Å²) in [4.78, 5) is 40.3. The number of β-amino-alcohol motifs (C(OH)–C–C–N with tert-alkyl or cyclic N) is 1. The van der Waals surface area contributed by atoms with Crippen LogP contribution in [0.2, 0.25) is 0 Å². The lowest BCUT2D eigenvalue weighted by molar-refractivity contribution is -0.125. The molecular weight excluding hydrogens is 626 g/mol. The van der Waals surface area contributed by atoms with Crippen LogP contribution < -0.4 is 14.8 Å². The number of carbonyl (C=O) groups excluding carboxylic acids is 3. The fourth-order valence-corrected chi connectivity index (χ4v) is 7.60. The minimum absolute atomic E-state index is 0.0299. The van der Waals surface area contributed by atoms with E-state index in [1.54, 1.807) is 31.2 Å². The molecule has 16 heteroatoms. The number of rotatable bonds is 10. The normalized spacial score (nSPS) is 22.6. The summed E-state index contributed by atoms with van der Waals surface area (Å²) in [6, 6.07) is 10.5. The van der Waals surface area contributed by atoms with Crippen LogP contribution in [0.15, 0.2) is 51.8 Å². The number of nitrogens with one attached hydrogen (secondary N) is 3. The van der Waals surface area contributed by atoms with Crippen molar-refractivity contribution in [2.24, 2.45) is 16.2 Å². The van der Waals surface area contributed by atoms with Gasteiger partial charge in [-0.1, -0.05) is 38.1 Å². The second-order valence-corrected chi connectivity index (χ2v) is 15.0. The first-order valence-electron chi connectivity index (χ1n) is 14.4. The number of Topliss-reactive ketones (excluding diaryl/α,β-unsaturated/α-hetero) is 2. The van der Waals surface area contributed by atoms with Gasteiger partial charge in [0, 0.05) is 12.1 Å². The number of amidine groups is 1. The second-order valence-electron chi connectivity index (χ2n) is 11.9. The van der Waals surface area contributed by atoms with E-state index in [0.29, 0.717) is 29.9 Å². The van der Waals surface area contributed by atoms with Gasteiger partial charge in [0.2, 0.25) is 0 Å². The van der Waals surface area contributed by atoms with Crippen molar-refractivity contribution in [1.29, 1.82) is 0 Å². The van der Waals surface area contributed by atoms with Crippen molar-refractivity contribution in [2.45, 2.75) is 50.0 Å². The van der Waals surface area contributed by atoms with Gasteiger partial charge >= 0.3 is 6.09 Å². The predicted octanol–water partition coefficient (Wildman–Crippen LogP) is 2.03. The maximum absolute atomic E-state index is 14.0. The number of sulfonamides is 1. The number of benzene rings is 2. The number of aliphatic hydroxyl groups excluding tert-OH is 1. The molecule has 3 aliphatic rings. The molecule has 2 aromatic carbocycles. The van der Waals surface area contributed by atoms with Crippen molar-refractivity contribution in [2.75, 3.05) is 36.3 Å². The average molecular weight is 662 g/mol. The van der Waals surface area contributed by atoms with Gasteiger partial charge in [-0.15, -0.1) is 4.40 Å². The third kappa shape index (κ3) is 6.59. The van der Waals surface area contributed by atoms with E-state index in [1.165, 1.54) is 17.0 Å². The number of likely N-dealkylation sites (tertiary alicyclic amines) is 1. The molecule has 0 radical (unpaired) electrons. The summed E-state index contributed by atoms with van der Waals surface area (Å²) < 4.78 is 64.9. The Morgan fingerprint density at radius 3 is 2.60 bits per heavy atom. The summed E-state index contributed by atoms with van der Waals surface area (Å²) in [5.41, 5.74) is -0.166. The smallest absolute Gasteiger partial charge is 0.409 e. The molecule has 1 aliphatic carbocycles. The van der Waals surface area contributed by atoms with Gasteiger partial charge < -0.3 is 20.1 Å². The number of ether oxygens (including phenoxy) is 1. The van der Waals surface area contributed by atoms with Gasteiger partial charge in [-0.25, -0.2) is 4.79 Å². The number of amides is 1. The zero-order valence-corrected chi connectivity index (χ0v) is 26.6. The van der Waals surface area contributed by atoms with Gasteiger partial charge in [-0.2, -0.15) is 21.6 Å². The molecule has 0 saturated carbocycles. The average Bonchev–Trinajstić information content (AvgIpc) is 2.95. The molecular formula is C29H35N5O9S2. The van der Waals surface area contributed by atoms with E-state index in [-0.39, 0.29) is 48.3 Å². The topological polar surface area (TPSA) is 201 Å². The molecule has 2 aromatic rings. The highest BCUT2D eigenvalue weighted by atomic mass is 32.2. The highest BCUT2D eigenvalue weighted by Crippen LogP contribution is 2.43. The van der Waals surface area contributed by atoms with Gasteiger partial charge in [0.25, 0.3) is 20.2 Å².